The number of amides is 1. The molecule has 0 atom stereocenters. The van der Waals surface area contributed by atoms with E-state index in [0.717, 1.165) is 24.4 Å². The van der Waals surface area contributed by atoms with E-state index in [2.05, 4.69) is 5.16 Å². The summed E-state index contributed by atoms with van der Waals surface area (Å²) in [6, 6.07) is 6.07. The van der Waals surface area contributed by atoms with Crippen LogP contribution < -0.4 is 4.74 Å². The molecule has 1 fully saturated rings. The molecule has 6 nitrogen and oxygen atoms in total. The van der Waals surface area contributed by atoms with Crippen LogP contribution >= 0.6 is 0 Å². The third kappa shape index (κ3) is 6.40. The molecule has 33 heavy (non-hydrogen) atoms. The van der Waals surface area contributed by atoms with Crippen LogP contribution in [0.1, 0.15) is 39.2 Å². The number of hydrogen-bond donors (Lipinski definition) is 1. The molecule has 9 heteroatoms. The summed E-state index contributed by atoms with van der Waals surface area (Å²) in [6.45, 7) is 6.48. The van der Waals surface area contributed by atoms with Crippen molar-refractivity contribution in [3.05, 3.63) is 53.3 Å². The number of nitrogens with zero attached hydrogens (tertiary/aromatic N) is 2. The molecule has 0 saturated carbocycles. The lowest BCUT2D eigenvalue weighted by Crippen LogP contribution is -2.42. The molecule has 1 heterocycles. The Morgan fingerprint density at radius 1 is 1.09 bits per heavy atom. The van der Waals surface area contributed by atoms with Gasteiger partial charge in [0.1, 0.15) is 11.4 Å². The van der Waals surface area contributed by atoms with Crippen molar-refractivity contribution in [2.45, 2.75) is 39.2 Å². The van der Waals surface area contributed by atoms with E-state index in [-0.39, 0.29) is 35.3 Å². The highest BCUT2D eigenvalue weighted by molar-refractivity contribution is 5.81. The average Bonchev–Trinajstić information content (AvgIpc) is 2.74. The van der Waals surface area contributed by atoms with Gasteiger partial charge in [0, 0.05) is 18.7 Å². The van der Waals surface area contributed by atoms with Gasteiger partial charge in [-0.1, -0.05) is 11.2 Å². The molecule has 3 rings (SSSR count). The van der Waals surface area contributed by atoms with Crippen LogP contribution in [0.5, 0.6) is 5.75 Å². The van der Waals surface area contributed by atoms with E-state index in [0.29, 0.717) is 25.9 Å². The highest BCUT2D eigenvalue weighted by atomic mass is 19.1. The first-order valence-electron chi connectivity index (χ1n) is 10.6. The number of likely N-dealkylation sites (tertiary alicyclic amines) is 1. The Labute approximate surface area is 190 Å². The Kier molecular flexibility index (Phi) is 7.50. The van der Waals surface area contributed by atoms with Crippen LogP contribution in [0.4, 0.5) is 18.0 Å². The van der Waals surface area contributed by atoms with Crippen molar-refractivity contribution in [2.24, 2.45) is 11.1 Å². The van der Waals surface area contributed by atoms with Gasteiger partial charge in [0.15, 0.2) is 17.4 Å². The van der Waals surface area contributed by atoms with Gasteiger partial charge >= 0.3 is 6.09 Å². The topological polar surface area (TPSA) is 71.4 Å². The van der Waals surface area contributed by atoms with Crippen molar-refractivity contribution < 1.29 is 32.6 Å². The molecule has 2 aromatic rings. The molecular weight excluding hydrogens is 437 g/mol. The Morgan fingerprint density at radius 2 is 1.70 bits per heavy atom. The summed E-state index contributed by atoms with van der Waals surface area (Å²) in [4.78, 5) is 13.8. The quantitative estimate of drug-likeness (QED) is 0.355. The molecule has 0 spiro atoms. The van der Waals surface area contributed by atoms with E-state index in [9.17, 15) is 18.0 Å². The first-order valence-corrected chi connectivity index (χ1v) is 10.6. The summed E-state index contributed by atoms with van der Waals surface area (Å²) < 4.78 is 54.0. The zero-order valence-corrected chi connectivity index (χ0v) is 18.8. The maximum absolute atomic E-state index is 14.6. The lowest BCUT2D eigenvalue weighted by atomic mass is 9.98. The Hall–Kier alpha value is -3.23. The standard InChI is InChI=1S/C24H27F3N2O4/c1-24(2,3)33-23(30)29-8-6-15(7-9-29)14-32-22-20(26)11-18(12-21(22)27)16-4-5-17(13-28-31)19(25)10-16/h4-5,10-13,15,31H,6-9,14H2,1-3H3/b28-13+. The molecule has 1 N–H and O–H groups in total. The summed E-state index contributed by atoms with van der Waals surface area (Å²) >= 11 is 0. The van der Waals surface area contributed by atoms with Crippen molar-refractivity contribution in [3.63, 3.8) is 0 Å². The Morgan fingerprint density at radius 3 is 2.24 bits per heavy atom. The number of oxime groups is 1. The van der Waals surface area contributed by atoms with Crippen LogP contribution in [0.15, 0.2) is 35.5 Å². The number of rotatable bonds is 5. The number of carbonyl (C=O) groups is 1. The maximum Gasteiger partial charge on any atom is 0.410 e. The van der Waals surface area contributed by atoms with Crippen LogP contribution in [0.3, 0.4) is 0 Å². The van der Waals surface area contributed by atoms with Crippen molar-refractivity contribution in [3.8, 4) is 16.9 Å². The molecule has 1 aliphatic rings. The van der Waals surface area contributed by atoms with Gasteiger partial charge in [-0.15, -0.1) is 0 Å². The lowest BCUT2D eigenvalue weighted by molar-refractivity contribution is 0.0163. The minimum Gasteiger partial charge on any atom is -0.487 e. The fraction of sp³-hybridized carbons (Fsp3) is 0.417. The van der Waals surface area contributed by atoms with Gasteiger partial charge in [-0.2, -0.15) is 0 Å². The van der Waals surface area contributed by atoms with Crippen molar-refractivity contribution in [1.82, 2.24) is 4.90 Å². The maximum atomic E-state index is 14.6. The van der Waals surface area contributed by atoms with Crippen LogP contribution in [-0.2, 0) is 4.74 Å². The van der Waals surface area contributed by atoms with Gasteiger partial charge in [0.25, 0.3) is 0 Å². The smallest absolute Gasteiger partial charge is 0.410 e. The van der Waals surface area contributed by atoms with E-state index < -0.39 is 28.8 Å². The monoisotopic (exact) mass is 464 g/mol. The number of carbonyl (C=O) groups excluding carboxylic acids is 1. The molecule has 0 unspecified atom stereocenters. The molecule has 1 amide bonds. The Bertz CT molecular complexity index is 1010. The minimum absolute atomic E-state index is 0.0389. The molecule has 1 aliphatic heterocycles. The molecule has 0 radical (unpaired) electrons. The van der Waals surface area contributed by atoms with E-state index in [1.54, 1.807) is 25.7 Å². The third-order valence-corrected chi connectivity index (χ3v) is 5.26. The predicted molar refractivity (Wildman–Crippen MR) is 117 cm³/mol. The summed E-state index contributed by atoms with van der Waals surface area (Å²) in [5.74, 6) is -2.92. The summed E-state index contributed by atoms with van der Waals surface area (Å²) in [7, 11) is 0. The molecule has 0 aromatic heterocycles. The molecular formula is C24H27F3N2O4. The van der Waals surface area contributed by atoms with Crippen LogP contribution in [-0.4, -0.2) is 47.7 Å². The number of ether oxygens (including phenoxy) is 2. The van der Waals surface area contributed by atoms with Gasteiger partial charge in [0.2, 0.25) is 0 Å². The fourth-order valence-corrected chi connectivity index (χ4v) is 3.55. The van der Waals surface area contributed by atoms with Crippen LogP contribution in [0, 0.1) is 23.4 Å². The number of piperidine rings is 1. The lowest BCUT2D eigenvalue weighted by Gasteiger charge is -2.33. The molecule has 0 bridgehead atoms. The largest absolute Gasteiger partial charge is 0.487 e. The predicted octanol–water partition coefficient (Wildman–Crippen LogP) is 5.60. The van der Waals surface area contributed by atoms with Gasteiger partial charge < -0.3 is 19.6 Å². The van der Waals surface area contributed by atoms with E-state index in [1.807, 2.05) is 0 Å². The first kappa shape index (κ1) is 24.4. The molecule has 1 saturated heterocycles. The highest BCUT2D eigenvalue weighted by Crippen LogP contribution is 2.31. The van der Waals surface area contributed by atoms with Gasteiger partial charge in [-0.25, -0.2) is 18.0 Å². The van der Waals surface area contributed by atoms with Gasteiger partial charge in [0.05, 0.1) is 12.8 Å². The molecule has 0 aliphatic carbocycles. The van der Waals surface area contributed by atoms with Crippen molar-refractivity contribution in [1.29, 1.82) is 0 Å². The fourth-order valence-electron chi connectivity index (χ4n) is 3.55. The number of hydrogen-bond acceptors (Lipinski definition) is 5. The average molecular weight is 464 g/mol. The van der Waals surface area contributed by atoms with E-state index in [1.165, 1.54) is 12.1 Å². The second kappa shape index (κ2) is 10.1. The number of halogens is 3. The van der Waals surface area contributed by atoms with Gasteiger partial charge in [-0.3, -0.25) is 0 Å². The number of benzene rings is 2. The minimum atomic E-state index is -0.891. The van der Waals surface area contributed by atoms with E-state index in [4.69, 9.17) is 14.7 Å². The molecule has 178 valence electrons. The summed E-state index contributed by atoms with van der Waals surface area (Å²) in [6.07, 6.45) is 1.81. The van der Waals surface area contributed by atoms with Crippen molar-refractivity contribution in [2.75, 3.05) is 19.7 Å². The first-order chi connectivity index (χ1) is 15.6. The Balaban J connectivity index is 1.61. The normalized spacial score (nSPS) is 15.2. The van der Waals surface area contributed by atoms with E-state index >= 15 is 0 Å². The van der Waals surface area contributed by atoms with Gasteiger partial charge in [-0.05, 0) is 74.9 Å². The SMILES string of the molecule is CC(C)(C)OC(=O)N1CCC(COc2c(F)cc(-c3ccc(/C=N/O)c(F)c3)cc2F)CC1. The highest BCUT2D eigenvalue weighted by Gasteiger charge is 2.27. The third-order valence-electron chi connectivity index (χ3n) is 5.26. The van der Waals surface area contributed by atoms with Crippen molar-refractivity contribution >= 4 is 12.3 Å². The van der Waals surface area contributed by atoms with Crippen LogP contribution in [0.2, 0.25) is 0 Å². The summed E-state index contributed by atoms with van der Waals surface area (Å²) in [5.41, 5.74) is -0.115. The second-order valence-electron chi connectivity index (χ2n) is 8.97. The zero-order chi connectivity index (χ0) is 24.2. The molecule has 2 aromatic carbocycles. The zero-order valence-electron chi connectivity index (χ0n) is 18.8. The second-order valence-corrected chi connectivity index (χ2v) is 8.97. The summed E-state index contributed by atoms with van der Waals surface area (Å²) in [5, 5.41) is 11.3. The van der Waals surface area contributed by atoms with Crippen LogP contribution in [0.25, 0.3) is 11.1 Å².